The van der Waals surface area contributed by atoms with Gasteiger partial charge in [0.25, 0.3) is 0 Å². The quantitative estimate of drug-likeness (QED) is 0.748. The Kier molecular flexibility index (Phi) is 2.37. The molecule has 1 aromatic carbocycles. The molecule has 0 atom stereocenters. The molecule has 0 aliphatic rings. The van der Waals surface area contributed by atoms with E-state index in [0.29, 0.717) is 17.0 Å². The summed E-state index contributed by atoms with van der Waals surface area (Å²) in [6.45, 7) is 3.64. The molecule has 1 heterocycles. The van der Waals surface area contributed by atoms with Crippen molar-refractivity contribution in [3.63, 3.8) is 0 Å². The van der Waals surface area contributed by atoms with Crippen molar-refractivity contribution in [2.45, 2.75) is 0 Å². The second-order valence-electron chi connectivity index (χ2n) is 3.13. The van der Waals surface area contributed by atoms with Gasteiger partial charge in [-0.1, -0.05) is 12.6 Å². The smallest absolute Gasteiger partial charge is 0.221 e. The first-order chi connectivity index (χ1) is 7.24. The average Bonchev–Trinajstić information content (AvgIpc) is 2.27. The maximum absolute atomic E-state index is 13.0. The summed E-state index contributed by atoms with van der Waals surface area (Å²) < 4.78 is 18.1. The van der Waals surface area contributed by atoms with Gasteiger partial charge in [0.15, 0.2) is 0 Å². The molecular formula is C12H10FNO. The molecule has 0 fully saturated rings. The highest BCUT2D eigenvalue weighted by Crippen LogP contribution is 2.25. The molecule has 0 aliphatic heterocycles. The summed E-state index contributed by atoms with van der Waals surface area (Å²) in [6, 6.07) is 6.36. The first-order valence-electron chi connectivity index (χ1n) is 4.51. The third-order valence-electron chi connectivity index (χ3n) is 2.18. The Hall–Kier alpha value is -1.90. The van der Waals surface area contributed by atoms with Crippen molar-refractivity contribution in [2.24, 2.45) is 0 Å². The number of aromatic nitrogens is 1. The zero-order valence-corrected chi connectivity index (χ0v) is 8.33. The Labute approximate surface area is 87.0 Å². The maximum Gasteiger partial charge on any atom is 0.221 e. The lowest BCUT2D eigenvalue weighted by atomic mass is 10.1. The highest BCUT2D eigenvalue weighted by atomic mass is 19.1. The number of hydrogen-bond acceptors (Lipinski definition) is 2. The summed E-state index contributed by atoms with van der Waals surface area (Å²) in [4.78, 5) is 4.17. The molecule has 1 aromatic heterocycles. The number of benzene rings is 1. The summed E-state index contributed by atoms with van der Waals surface area (Å²) in [7, 11) is 1.51. The molecule has 0 bridgehead atoms. The standard InChI is InChI=1S/C12H10FNO/c1-3-10-6-8-4-5-9(13)7-11(8)12(14-10)15-2/h3-7H,1H2,2H3. The lowest BCUT2D eigenvalue weighted by Gasteiger charge is -2.05. The molecule has 0 unspecified atom stereocenters. The molecule has 0 aliphatic carbocycles. The number of ether oxygens (including phenoxy) is 1. The van der Waals surface area contributed by atoms with Crippen LogP contribution in [-0.4, -0.2) is 12.1 Å². The molecule has 0 amide bonds. The fourth-order valence-electron chi connectivity index (χ4n) is 1.47. The van der Waals surface area contributed by atoms with E-state index in [-0.39, 0.29) is 5.82 Å². The van der Waals surface area contributed by atoms with Crippen molar-refractivity contribution in [1.29, 1.82) is 0 Å². The second-order valence-corrected chi connectivity index (χ2v) is 3.13. The minimum atomic E-state index is -0.297. The highest BCUT2D eigenvalue weighted by molar-refractivity contribution is 5.88. The first-order valence-corrected chi connectivity index (χ1v) is 4.51. The van der Waals surface area contributed by atoms with Crippen LogP contribution in [0.2, 0.25) is 0 Å². The van der Waals surface area contributed by atoms with Crippen molar-refractivity contribution in [2.75, 3.05) is 7.11 Å². The zero-order valence-electron chi connectivity index (χ0n) is 8.33. The van der Waals surface area contributed by atoms with Crippen molar-refractivity contribution in [3.05, 3.63) is 42.4 Å². The zero-order chi connectivity index (χ0) is 10.8. The molecule has 0 spiro atoms. The molecule has 15 heavy (non-hydrogen) atoms. The third-order valence-corrected chi connectivity index (χ3v) is 2.18. The van der Waals surface area contributed by atoms with Crippen LogP contribution in [0.3, 0.4) is 0 Å². The first kappa shape index (κ1) is 9.65. The molecule has 2 rings (SSSR count). The van der Waals surface area contributed by atoms with Gasteiger partial charge in [0.05, 0.1) is 12.8 Å². The van der Waals surface area contributed by atoms with Crippen molar-refractivity contribution in [3.8, 4) is 5.88 Å². The van der Waals surface area contributed by atoms with Gasteiger partial charge in [0.1, 0.15) is 5.82 Å². The van der Waals surface area contributed by atoms with Gasteiger partial charge >= 0.3 is 0 Å². The number of fused-ring (bicyclic) bond motifs is 1. The molecule has 2 aromatic rings. The normalized spacial score (nSPS) is 10.3. The van der Waals surface area contributed by atoms with Crippen LogP contribution in [0, 0.1) is 5.82 Å². The van der Waals surface area contributed by atoms with Crippen molar-refractivity contribution >= 4 is 16.8 Å². The lowest BCUT2D eigenvalue weighted by molar-refractivity contribution is 0.403. The van der Waals surface area contributed by atoms with Gasteiger partial charge in [-0.3, -0.25) is 0 Å². The van der Waals surface area contributed by atoms with Gasteiger partial charge in [0, 0.05) is 5.39 Å². The summed E-state index contributed by atoms with van der Waals surface area (Å²) in [5.41, 5.74) is 0.714. The Morgan fingerprint density at radius 2 is 2.20 bits per heavy atom. The Morgan fingerprint density at radius 3 is 2.87 bits per heavy atom. The number of methoxy groups -OCH3 is 1. The monoisotopic (exact) mass is 203 g/mol. The number of pyridine rings is 1. The van der Waals surface area contributed by atoms with Crippen LogP contribution in [0.1, 0.15) is 5.69 Å². The lowest BCUT2D eigenvalue weighted by Crippen LogP contribution is -1.92. The highest BCUT2D eigenvalue weighted by Gasteiger charge is 2.05. The van der Waals surface area contributed by atoms with Crippen LogP contribution in [0.4, 0.5) is 4.39 Å². The predicted octanol–water partition coefficient (Wildman–Crippen LogP) is 3.03. The van der Waals surface area contributed by atoms with Gasteiger partial charge in [0.2, 0.25) is 5.88 Å². The van der Waals surface area contributed by atoms with E-state index in [0.717, 1.165) is 5.39 Å². The van der Waals surface area contributed by atoms with E-state index >= 15 is 0 Å². The van der Waals surface area contributed by atoms with E-state index in [1.54, 1.807) is 12.1 Å². The number of halogens is 1. The minimum absolute atomic E-state index is 0.297. The van der Waals surface area contributed by atoms with E-state index < -0.39 is 0 Å². The van der Waals surface area contributed by atoms with Crippen LogP contribution in [0.5, 0.6) is 5.88 Å². The largest absolute Gasteiger partial charge is 0.481 e. The van der Waals surface area contributed by atoms with E-state index in [1.807, 2.05) is 6.07 Å². The van der Waals surface area contributed by atoms with E-state index in [4.69, 9.17) is 4.74 Å². The number of rotatable bonds is 2. The van der Waals surface area contributed by atoms with E-state index in [1.165, 1.54) is 19.2 Å². The van der Waals surface area contributed by atoms with Gasteiger partial charge in [-0.25, -0.2) is 9.37 Å². The van der Waals surface area contributed by atoms with Crippen molar-refractivity contribution in [1.82, 2.24) is 4.98 Å². The Morgan fingerprint density at radius 1 is 1.40 bits per heavy atom. The fraction of sp³-hybridized carbons (Fsp3) is 0.0833. The molecule has 76 valence electrons. The van der Waals surface area contributed by atoms with Gasteiger partial charge < -0.3 is 4.74 Å². The van der Waals surface area contributed by atoms with Gasteiger partial charge in [-0.05, 0) is 29.7 Å². The topological polar surface area (TPSA) is 22.1 Å². The molecule has 2 nitrogen and oxygen atoms in total. The van der Waals surface area contributed by atoms with Gasteiger partial charge in [-0.2, -0.15) is 0 Å². The van der Waals surface area contributed by atoms with Crippen LogP contribution in [0.15, 0.2) is 30.8 Å². The summed E-state index contributed by atoms with van der Waals surface area (Å²) in [5.74, 6) is 0.121. The predicted molar refractivity (Wildman–Crippen MR) is 58.3 cm³/mol. The van der Waals surface area contributed by atoms with E-state index in [9.17, 15) is 4.39 Å². The molecule has 0 N–H and O–H groups in total. The van der Waals surface area contributed by atoms with Crippen LogP contribution in [-0.2, 0) is 0 Å². The molecule has 3 heteroatoms. The van der Waals surface area contributed by atoms with E-state index in [2.05, 4.69) is 11.6 Å². The molecular weight excluding hydrogens is 193 g/mol. The fourth-order valence-corrected chi connectivity index (χ4v) is 1.47. The molecule has 0 saturated carbocycles. The SMILES string of the molecule is C=Cc1cc2ccc(F)cc2c(OC)n1. The number of hydrogen-bond donors (Lipinski definition) is 0. The number of nitrogens with zero attached hydrogens (tertiary/aromatic N) is 1. The van der Waals surface area contributed by atoms with Crippen LogP contribution >= 0.6 is 0 Å². The summed E-state index contributed by atoms with van der Waals surface area (Å²) in [6.07, 6.45) is 1.63. The third kappa shape index (κ3) is 1.68. The molecule has 0 saturated heterocycles. The Bertz CT molecular complexity index is 522. The van der Waals surface area contributed by atoms with Crippen LogP contribution in [0.25, 0.3) is 16.8 Å². The van der Waals surface area contributed by atoms with Gasteiger partial charge in [-0.15, -0.1) is 0 Å². The van der Waals surface area contributed by atoms with Crippen molar-refractivity contribution < 1.29 is 9.13 Å². The molecule has 0 radical (unpaired) electrons. The minimum Gasteiger partial charge on any atom is -0.481 e. The summed E-state index contributed by atoms with van der Waals surface area (Å²) in [5, 5.41) is 1.56. The Balaban J connectivity index is 2.80. The van der Waals surface area contributed by atoms with Crippen LogP contribution < -0.4 is 4.74 Å². The summed E-state index contributed by atoms with van der Waals surface area (Å²) >= 11 is 0. The maximum atomic E-state index is 13.0. The second kappa shape index (κ2) is 3.69. The average molecular weight is 203 g/mol.